The lowest BCUT2D eigenvalue weighted by Gasteiger charge is -2.08. The van der Waals surface area contributed by atoms with Gasteiger partial charge in [0.05, 0.1) is 13.4 Å². The third-order valence-corrected chi connectivity index (χ3v) is 1.85. The van der Waals surface area contributed by atoms with Gasteiger partial charge in [0, 0.05) is 25.4 Å². The van der Waals surface area contributed by atoms with Crippen LogP contribution in [0.25, 0.3) is 0 Å². The van der Waals surface area contributed by atoms with Gasteiger partial charge in [-0.15, -0.1) is 0 Å². The Morgan fingerprint density at radius 1 is 1.85 bits per heavy atom. The zero-order valence-corrected chi connectivity index (χ0v) is 7.73. The molecule has 1 heterocycles. The van der Waals surface area contributed by atoms with Crippen LogP contribution in [0.4, 0.5) is 0 Å². The molecule has 1 aromatic rings. The SMILES string of the molecule is COC(=O)C(N)Cc1cncn1C. The van der Waals surface area contributed by atoms with Crippen molar-refractivity contribution in [3.8, 4) is 0 Å². The molecule has 0 aromatic carbocycles. The maximum absolute atomic E-state index is 11.0. The number of nitrogens with two attached hydrogens (primary N) is 1. The second-order valence-corrected chi connectivity index (χ2v) is 2.83. The number of carbonyl (C=O) groups excluding carboxylic acids is 1. The number of hydrogen-bond donors (Lipinski definition) is 1. The van der Waals surface area contributed by atoms with E-state index in [0.29, 0.717) is 6.42 Å². The van der Waals surface area contributed by atoms with E-state index in [9.17, 15) is 4.79 Å². The molecule has 0 aliphatic heterocycles. The molecule has 1 rings (SSSR count). The molecular weight excluding hydrogens is 170 g/mol. The van der Waals surface area contributed by atoms with Crippen molar-refractivity contribution in [2.24, 2.45) is 12.8 Å². The van der Waals surface area contributed by atoms with Crippen LogP contribution in [0.15, 0.2) is 12.5 Å². The number of esters is 1. The number of ether oxygens (including phenoxy) is 1. The predicted molar refractivity (Wildman–Crippen MR) is 46.9 cm³/mol. The highest BCUT2D eigenvalue weighted by Crippen LogP contribution is 2.00. The Morgan fingerprint density at radius 3 is 3.00 bits per heavy atom. The third-order valence-electron chi connectivity index (χ3n) is 1.85. The monoisotopic (exact) mass is 183 g/mol. The first-order valence-electron chi connectivity index (χ1n) is 3.93. The van der Waals surface area contributed by atoms with E-state index >= 15 is 0 Å². The van der Waals surface area contributed by atoms with Crippen LogP contribution in [0.5, 0.6) is 0 Å². The average Bonchev–Trinajstić information content (AvgIpc) is 2.50. The largest absolute Gasteiger partial charge is 0.468 e. The minimum Gasteiger partial charge on any atom is -0.468 e. The van der Waals surface area contributed by atoms with Gasteiger partial charge in [-0.05, 0) is 0 Å². The summed E-state index contributed by atoms with van der Waals surface area (Å²) < 4.78 is 6.33. The van der Waals surface area contributed by atoms with Gasteiger partial charge >= 0.3 is 5.97 Å². The maximum Gasteiger partial charge on any atom is 0.323 e. The van der Waals surface area contributed by atoms with E-state index < -0.39 is 12.0 Å². The Hall–Kier alpha value is -1.36. The van der Waals surface area contributed by atoms with Crippen LogP contribution in [0.3, 0.4) is 0 Å². The first kappa shape index (κ1) is 9.73. The number of rotatable bonds is 3. The summed E-state index contributed by atoms with van der Waals surface area (Å²) in [5, 5.41) is 0. The lowest BCUT2D eigenvalue weighted by molar-refractivity contribution is -0.142. The quantitative estimate of drug-likeness (QED) is 0.639. The number of hydrogen-bond acceptors (Lipinski definition) is 4. The Balaban J connectivity index is 2.59. The number of methoxy groups -OCH3 is 1. The highest BCUT2D eigenvalue weighted by Gasteiger charge is 2.15. The molecule has 0 radical (unpaired) electrons. The average molecular weight is 183 g/mol. The molecule has 0 fully saturated rings. The smallest absolute Gasteiger partial charge is 0.323 e. The van der Waals surface area contributed by atoms with Crippen LogP contribution in [0, 0.1) is 0 Å². The molecule has 2 N–H and O–H groups in total. The molecule has 5 nitrogen and oxygen atoms in total. The molecule has 1 atom stereocenters. The lowest BCUT2D eigenvalue weighted by Crippen LogP contribution is -2.34. The van der Waals surface area contributed by atoms with Crippen molar-refractivity contribution in [1.82, 2.24) is 9.55 Å². The van der Waals surface area contributed by atoms with Crippen LogP contribution in [-0.2, 0) is 23.0 Å². The number of carbonyl (C=O) groups is 1. The maximum atomic E-state index is 11.0. The van der Waals surface area contributed by atoms with E-state index in [0.717, 1.165) is 5.69 Å². The summed E-state index contributed by atoms with van der Waals surface area (Å²) in [6, 6.07) is -0.611. The molecule has 1 unspecified atom stereocenters. The van der Waals surface area contributed by atoms with Gasteiger partial charge in [-0.1, -0.05) is 0 Å². The second-order valence-electron chi connectivity index (χ2n) is 2.83. The Morgan fingerprint density at radius 2 is 2.54 bits per heavy atom. The van der Waals surface area contributed by atoms with Gasteiger partial charge in [0.15, 0.2) is 0 Å². The Bertz CT molecular complexity index is 295. The summed E-state index contributed by atoms with van der Waals surface area (Å²) in [4.78, 5) is 14.9. The van der Waals surface area contributed by atoms with Gasteiger partial charge in [0.25, 0.3) is 0 Å². The van der Waals surface area contributed by atoms with Gasteiger partial charge < -0.3 is 15.0 Å². The molecule has 0 aliphatic rings. The van der Waals surface area contributed by atoms with Crippen LogP contribution in [0.2, 0.25) is 0 Å². The number of nitrogens with zero attached hydrogens (tertiary/aromatic N) is 2. The fraction of sp³-hybridized carbons (Fsp3) is 0.500. The van der Waals surface area contributed by atoms with Gasteiger partial charge in [0.1, 0.15) is 6.04 Å². The highest BCUT2D eigenvalue weighted by atomic mass is 16.5. The molecule has 13 heavy (non-hydrogen) atoms. The first-order chi connectivity index (χ1) is 6.15. The zero-order chi connectivity index (χ0) is 9.84. The summed E-state index contributed by atoms with van der Waals surface area (Å²) in [6.45, 7) is 0. The van der Waals surface area contributed by atoms with E-state index in [1.54, 1.807) is 12.5 Å². The van der Waals surface area contributed by atoms with Crippen molar-refractivity contribution < 1.29 is 9.53 Å². The molecule has 0 aliphatic carbocycles. The topological polar surface area (TPSA) is 70.1 Å². The number of imidazole rings is 1. The van der Waals surface area contributed by atoms with Crippen molar-refractivity contribution >= 4 is 5.97 Å². The van der Waals surface area contributed by atoms with E-state index in [-0.39, 0.29) is 0 Å². The predicted octanol–water partition coefficient (Wildman–Crippen LogP) is -0.537. The van der Waals surface area contributed by atoms with Crippen molar-refractivity contribution in [2.75, 3.05) is 7.11 Å². The minimum atomic E-state index is -0.611. The van der Waals surface area contributed by atoms with E-state index in [2.05, 4.69) is 9.72 Å². The van der Waals surface area contributed by atoms with Gasteiger partial charge in [-0.3, -0.25) is 4.79 Å². The Kier molecular flexibility index (Phi) is 3.02. The van der Waals surface area contributed by atoms with Crippen molar-refractivity contribution in [3.63, 3.8) is 0 Å². The number of aryl methyl sites for hydroxylation is 1. The summed E-state index contributed by atoms with van der Waals surface area (Å²) in [7, 11) is 3.18. The lowest BCUT2D eigenvalue weighted by atomic mass is 10.2. The summed E-state index contributed by atoms with van der Waals surface area (Å²) in [6.07, 6.45) is 3.80. The molecular formula is C8H13N3O2. The summed E-state index contributed by atoms with van der Waals surface area (Å²) in [5.41, 5.74) is 6.49. The third kappa shape index (κ3) is 2.29. The molecule has 1 aromatic heterocycles. The van der Waals surface area contributed by atoms with Gasteiger partial charge in [0.2, 0.25) is 0 Å². The number of aromatic nitrogens is 2. The van der Waals surface area contributed by atoms with Crippen molar-refractivity contribution in [2.45, 2.75) is 12.5 Å². The van der Waals surface area contributed by atoms with Crippen LogP contribution >= 0.6 is 0 Å². The van der Waals surface area contributed by atoms with E-state index in [4.69, 9.17) is 5.73 Å². The molecule has 0 bridgehead atoms. The van der Waals surface area contributed by atoms with Crippen LogP contribution in [-0.4, -0.2) is 28.7 Å². The Labute approximate surface area is 76.5 Å². The molecule has 5 heteroatoms. The standard InChI is InChI=1S/C8H13N3O2/c1-11-5-10-4-6(11)3-7(9)8(12)13-2/h4-5,7H,3,9H2,1-2H3. The van der Waals surface area contributed by atoms with E-state index in [1.807, 2.05) is 11.6 Å². The molecule has 0 amide bonds. The van der Waals surface area contributed by atoms with Crippen molar-refractivity contribution in [3.05, 3.63) is 18.2 Å². The van der Waals surface area contributed by atoms with Gasteiger partial charge in [-0.2, -0.15) is 0 Å². The highest BCUT2D eigenvalue weighted by molar-refractivity contribution is 5.75. The van der Waals surface area contributed by atoms with Gasteiger partial charge in [-0.25, -0.2) is 4.98 Å². The molecule has 0 saturated heterocycles. The minimum absolute atomic E-state index is 0.402. The molecule has 72 valence electrons. The van der Waals surface area contributed by atoms with E-state index in [1.165, 1.54) is 7.11 Å². The summed E-state index contributed by atoms with van der Waals surface area (Å²) >= 11 is 0. The fourth-order valence-electron chi connectivity index (χ4n) is 1.04. The summed E-state index contributed by atoms with van der Waals surface area (Å²) in [5.74, 6) is -0.402. The van der Waals surface area contributed by atoms with Crippen molar-refractivity contribution in [1.29, 1.82) is 0 Å². The normalized spacial score (nSPS) is 12.5. The zero-order valence-electron chi connectivity index (χ0n) is 7.73. The molecule has 0 saturated carbocycles. The first-order valence-corrected chi connectivity index (χ1v) is 3.93. The van der Waals surface area contributed by atoms with Crippen LogP contribution < -0.4 is 5.73 Å². The second kappa shape index (κ2) is 4.04. The molecule has 0 spiro atoms. The van der Waals surface area contributed by atoms with Crippen LogP contribution in [0.1, 0.15) is 5.69 Å². The fourth-order valence-corrected chi connectivity index (χ4v) is 1.04.